The van der Waals surface area contributed by atoms with Crippen molar-refractivity contribution in [2.24, 2.45) is 5.18 Å². The van der Waals surface area contributed by atoms with Crippen LogP contribution in [0.1, 0.15) is 10.4 Å². The van der Waals surface area contributed by atoms with Crippen LogP contribution < -0.4 is 0 Å². The Kier molecular flexibility index (Phi) is 4.14. The average molecular weight is 355 g/mol. The second-order valence-corrected chi connectivity index (χ2v) is 5.96. The van der Waals surface area contributed by atoms with Crippen LogP contribution in [0.4, 0.5) is 5.69 Å². The van der Waals surface area contributed by atoms with Crippen molar-refractivity contribution in [3.05, 3.63) is 83.4 Å². The molecule has 2 heterocycles. The van der Waals surface area contributed by atoms with E-state index in [1.165, 1.54) is 0 Å². The highest BCUT2D eigenvalue weighted by Gasteiger charge is 2.12. The summed E-state index contributed by atoms with van der Waals surface area (Å²) < 4.78 is 0. The molecule has 130 valence electrons. The van der Waals surface area contributed by atoms with Crippen molar-refractivity contribution in [2.45, 2.75) is 0 Å². The Labute approximate surface area is 154 Å². The fraction of sp³-hybridized carbons (Fsp3) is 0. The Morgan fingerprint density at radius 2 is 1.74 bits per heavy atom. The summed E-state index contributed by atoms with van der Waals surface area (Å²) in [6.45, 7) is 0. The molecule has 0 spiro atoms. The van der Waals surface area contributed by atoms with Crippen molar-refractivity contribution in [1.29, 1.82) is 0 Å². The number of hydrogen-bond donors (Lipinski definition) is 1. The maximum absolute atomic E-state index is 11.1. The van der Waals surface area contributed by atoms with Crippen LogP contribution in [-0.2, 0) is 0 Å². The smallest absolute Gasteiger partial charge is 0.335 e. The maximum atomic E-state index is 11.1. The van der Waals surface area contributed by atoms with Crippen molar-refractivity contribution < 1.29 is 9.90 Å². The molecule has 0 radical (unpaired) electrons. The lowest BCUT2D eigenvalue weighted by molar-refractivity contribution is 0.0697. The van der Waals surface area contributed by atoms with Crippen LogP contribution in [0.25, 0.3) is 33.4 Å². The molecule has 0 aliphatic heterocycles. The predicted octanol–water partition coefficient (Wildman–Crippen LogP) is 5.06. The number of aromatic carboxylic acids is 1. The zero-order chi connectivity index (χ0) is 18.8. The van der Waals surface area contributed by atoms with Gasteiger partial charge in [-0.3, -0.25) is 4.98 Å². The van der Waals surface area contributed by atoms with Crippen molar-refractivity contribution in [1.82, 2.24) is 9.97 Å². The van der Waals surface area contributed by atoms with Gasteiger partial charge in [0.1, 0.15) is 5.69 Å². The molecule has 2 aromatic heterocycles. The highest BCUT2D eigenvalue weighted by molar-refractivity contribution is 5.94. The third kappa shape index (κ3) is 3.16. The van der Waals surface area contributed by atoms with Gasteiger partial charge in [-0.1, -0.05) is 30.3 Å². The number of carboxylic acid groups (broad SMARTS) is 1. The average Bonchev–Trinajstić information content (AvgIpc) is 2.73. The molecule has 2 aromatic carbocycles. The maximum Gasteiger partial charge on any atom is 0.335 e. The molecule has 6 heteroatoms. The largest absolute Gasteiger partial charge is 0.478 e. The first-order valence-corrected chi connectivity index (χ1v) is 8.19. The number of nitroso groups, excluding NO2 is 1. The summed E-state index contributed by atoms with van der Waals surface area (Å²) in [5.74, 6) is -0.976. The van der Waals surface area contributed by atoms with Gasteiger partial charge < -0.3 is 5.11 Å². The molecule has 4 rings (SSSR count). The van der Waals surface area contributed by atoms with Crippen LogP contribution in [0.2, 0.25) is 0 Å². The summed E-state index contributed by atoms with van der Waals surface area (Å²) in [4.78, 5) is 31.1. The Morgan fingerprint density at radius 3 is 2.48 bits per heavy atom. The van der Waals surface area contributed by atoms with E-state index >= 15 is 0 Å². The first-order valence-electron chi connectivity index (χ1n) is 8.19. The van der Waals surface area contributed by atoms with Gasteiger partial charge in [0.05, 0.1) is 22.5 Å². The van der Waals surface area contributed by atoms with Crippen LogP contribution in [0.5, 0.6) is 0 Å². The predicted molar refractivity (Wildman–Crippen MR) is 103 cm³/mol. The molecule has 0 atom stereocenters. The molecule has 0 fully saturated rings. The van der Waals surface area contributed by atoms with Gasteiger partial charge in [-0.15, -0.1) is 4.91 Å². The van der Waals surface area contributed by atoms with E-state index in [0.29, 0.717) is 22.6 Å². The molecule has 27 heavy (non-hydrogen) atoms. The number of aromatic nitrogens is 2. The van der Waals surface area contributed by atoms with Crippen molar-refractivity contribution in [3.8, 4) is 22.5 Å². The lowest BCUT2D eigenvalue weighted by atomic mass is 10.0. The van der Waals surface area contributed by atoms with Crippen LogP contribution in [-0.4, -0.2) is 21.0 Å². The molecule has 6 nitrogen and oxygen atoms in total. The Balaban J connectivity index is 1.92. The minimum Gasteiger partial charge on any atom is -0.478 e. The molecule has 0 aliphatic rings. The quantitative estimate of drug-likeness (QED) is 0.517. The normalized spacial score (nSPS) is 10.7. The van der Waals surface area contributed by atoms with E-state index in [9.17, 15) is 9.70 Å². The molecule has 0 bridgehead atoms. The van der Waals surface area contributed by atoms with Gasteiger partial charge in [0, 0.05) is 22.7 Å². The van der Waals surface area contributed by atoms with E-state index in [1.807, 2.05) is 24.3 Å². The SMILES string of the molecule is O=Nc1cccc(-c2nc(-c3ccc(C(=O)O)cc3)cc3cccnc23)c1. The number of carboxylic acids is 1. The first-order chi connectivity index (χ1) is 13.2. The zero-order valence-electron chi connectivity index (χ0n) is 14.0. The van der Waals surface area contributed by atoms with Crippen LogP contribution in [0.15, 0.2) is 78.1 Å². The van der Waals surface area contributed by atoms with Crippen molar-refractivity contribution in [2.75, 3.05) is 0 Å². The molecule has 1 N–H and O–H groups in total. The number of carbonyl (C=O) groups is 1. The van der Waals surface area contributed by atoms with E-state index in [0.717, 1.165) is 16.5 Å². The van der Waals surface area contributed by atoms with Gasteiger partial charge in [0.2, 0.25) is 0 Å². The van der Waals surface area contributed by atoms with E-state index in [4.69, 9.17) is 10.1 Å². The molecule has 0 saturated carbocycles. The van der Waals surface area contributed by atoms with E-state index in [1.54, 1.807) is 48.7 Å². The van der Waals surface area contributed by atoms with Crippen molar-refractivity contribution in [3.63, 3.8) is 0 Å². The van der Waals surface area contributed by atoms with Gasteiger partial charge in [0.25, 0.3) is 0 Å². The summed E-state index contributed by atoms with van der Waals surface area (Å²) >= 11 is 0. The number of rotatable bonds is 4. The fourth-order valence-electron chi connectivity index (χ4n) is 2.93. The highest BCUT2D eigenvalue weighted by Crippen LogP contribution is 2.31. The minimum absolute atomic E-state index is 0.214. The van der Waals surface area contributed by atoms with E-state index in [2.05, 4.69) is 10.2 Å². The topological polar surface area (TPSA) is 92.5 Å². The van der Waals surface area contributed by atoms with Gasteiger partial charge in [-0.05, 0) is 41.6 Å². The van der Waals surface area contributed by atoms with Gasteiger partial charge in [-0.2, -0.15) is 0 Å². The molecule has 0 unspecified atom stereocenters. The summed E-state index contributed by atoms with van der Waals surface area (Å²) in [5, 5.41) is 13.0. The summed E-state index contributed by atoms with van der Waals surface area (Å²) in [6, 6.07) is 19.1. The van der Waals surface area contributed by atoms with E-state index in [-0.39, 0.29) is 5.56 Å². The Morgan fingerprint density at radius 1 is 0.926 bits per heavy atom. The molecule has 0 aliphatic carbocycles. The molecule has 0 saturated heterocycles. The van der Waals surface area contributed by atoms with Gasteiger partial charge in [0.15, 0.2) is 0 Å². The third-order valence-corrected chi connectivity index (χ3v) is 4.24. The number of nitrogens with zero attached hydrogens (tertiary/aromatic N) is 3. The molecular formula is C21H13N3O3. The van der Waals surface area contributed by atoms with E-state index < -0.39 is 5.97 Å². The van der Waals surface area contributed by atoms with Crippen LogP contribution in [0, 0.1) is 4.91 Å². The summed E-state index contributed by atoms with van der Waals surface area (Å²) in [5.41, 5.74) is 4.09. The third-order valence-electron chi connectivity index (χ3n) is 4.24. The van der Waals surface area contributed by atoms with Crippen LogP contribution in [0.3, 0.4) is 0 Å². The summed E-state index contributed by atoms with van der Waals surface area (Å²) in [7, 11) is 0. The Hall–Kier alpha value is -3.93. The molecule has 4 aromatic rings. The lowest BCUT2D eigenvalue weighted by Crippen LogP contribution is -1.96. The number of benzene rings is 2. The summed E-state index contributed by atoms with van der Waals surface area (Å²) in [6.07, 6.45) is 1.69. The standard InChI is InChI=1S/C21H13N3O3/c25-21(26)14-8-6-13(7-9-14)18-12-16-4-2-10-22-19(16)20(23-18)15-3-1-5-17(11-15)24-27/h1-12H,(H,25,26). The fourth-order valence-corrected chi connectivity index (χ4v) is 2.93. The minimum atomic E-state index is -0.976. The second-order valence-electron chi connectivity index (χ2n) is 5.96. The van der Waals surface area contributed by atoms with Crippen LogP contribution >= 0.6 is 0 Å². The number of fused-ring (bicyclic) bond motifs is 1. The molecule has 0 amide bonds. The lowest BCUT2D eigenvalue weighted by Gasteiger charge is -2.10. The number of pyridine rings is 2. The van der Waals surface area contributed by atoms with Gasteiger partial charge >= 0.3 is 5.97 Å². The second kappa shape index (κ2) is 6.76. The monoisotopic (exact) mass is 355 g/mol. The molecular weight excluding hydrogens is 342 g/mol. The Bertz CT molecular complexity index is 1170. The highest BCUT2D eigenvalue weighted by atomic mass is 16.4. The number of hydrogen-bond acceptors (Lipinski definition) is 5. The zero-order valence-corrected chi connectivity index (χ0v) is 14.0. The van der Waals surface area contributed by atoms with Crippen molar-refractivity contribution >= 4 is 22.6 Å². The first kappa shape index (κ1) is 16.5. The van der Waals surface area contributed by atoms with Gasteiger partial charge in [-0.25, -0.2) is 9.78 Å².